The average molecular weight is 362 g/mol. The molecule has 0 aliphatic carbocycles. The molecule has 0 unspecified atom stereocenters. The quantitative estimate of drug-likeness (QED) is 0.606. The molecule has 1 amide bonds. The lowest BCUT2D eigenvalue weighted by molar-refractivity contribution is 0.102. The zero-order valence-corrected chi connectivity index (χ0v) is 14.7. The summed E-state index contributed by atoms with van der Waals surface area (Å²) in [6.45, 7) is 1.83. The van der Waals surface area contributed by atoms with Crippen LogP contribution in [0.3, 0.4) is 0 Å². The number of hydrogen-bond donors (Lipinski definition) is 1. The highest BCUT2D eigenvalue weighted by molar-refractivity contribution is 7.15. The van der Waals surface area contributed by atoms with Gasteiger partial charge in [0.2, 0.25) is 0 Å². The molecule has 0 aliphatic rings. The van der Waals surface area contributed by atoms with E-state index in [1.165, 1.54) is 21.9 Å². The number of thiazole rings is 1. The van der Waals surface area contributed by atoms with E-state index in [4.69, 9.17) is 0 Å². The number of aromatic nitrogens is 3. The van der Waals surface area contributed by atoms with Crippen LogP contribution in [0.25, 0.3) is 16.2 Å². The summed E-state index contributed by atoms with van der Waals surface area (Å²) in [5.74, 6) is -0.131. The minimum absolute atomic E-state index is 0.0265. The maximum Gasteiger partial charge on any atom is 0.271 e. The molecular weight excluding hydrogens is 348 g/mol. The molecule has 26 heavy (non-hydrogen) atoms. The number of aryl methyl sites for hydroxylation is 1. The second-order valence-electron chi connectivity index (χ2n) is 5.70. The third-order valence-electron chi connectivity index (χ3n) is 3.89. The number of carbonyl (C=O) groups excluding carboxylic acids is 1. The molecule has 128 valence electrons. The van der Waals surface area contributed by atoms with Crippen LogP contribution in [0.4, 0.5) is 5.82 Å². The molecule has 3 heterocycles. The molecule has 0 fully saturated rings. The fraction of sp³-hybridized carbons (Fsp3) is 0.0526. The number of carbonyl (C=O) groups is 1. The summed E-state index contributed by atoms with van der Waals surface area (Å²) < 4.78 is 1.47. The van der Waals surface area contributed by atoms with Gasteiger partial charge in [-0.05, 0) is 24.6 Å². The Morgan fingerprint density at radius 2 is 1.92 bits per heavy atom. The Balaban J connectivity index is 1.78. The van der Waals surface area contributed by atoms with Gasteiger partial charge in [0, 0.05) is 17.3 Å². The molecule has 1 N–H and O–H groups in total. The Labute approximate surface area is 152 Å². The van der Waals surface area contributed by atoms with E-state index < -0.39 is 11.5 Å². The molecule has 0 radical (unpaired) electrons. The fourth-order valence-corrected chi connectivity index (χ4v) is 3.51. The zero-order chi connectivity index (χ0) is 18.1. The van der Waals surface area contributed by atoms with Crippen molar-refractivity contribution in [2.24, 2.45) is 0 Å². The number of pyridine rings is 1. The number of nitrogens with zero attached hydrogens (tertiary/aromatic N) is 3. The van der Waals surface area contributed by atoms with Crippen LogP contribution < -0.4 is 10.9 Å². The monoisotopic (exact) mass is 362 g/mol. The Morgan fingerprint density at radius 3 is 2.69 bits per heavy atom. The molecule has 1 aromatic carbocycles. The first kappa shape index (κ1) is 16.2. The van der Waals surface area contributed by atoms with Crippen LogP contribution in [0.2, 0.25) is 0 Å². The minimum atomic E-state index is -0.528. The summed E-state index contributed by atoms with van der Waals surface area (Å²) in [6.07, 6.45) is 1.31. The van der Waals surface area contributed by atoms with Gasteiger partial charge in [0.15, 0.2) is 4.96 Å². The predicted octanol–water partition coefficient (Wildman–Crippen LogP) is 3.38. The molecule has 3 aromatic heterocycles. The molecule has 0 saturated heterocycles. The third-order valence-corrected chi connectivity index (χ3v) is 4.73. The molecule has 0 bridgehead atoms. The summed E-state index contributed by atoms with van der Waals surface area (Å²) in [6, 6.07) is 14.8. The summed E-state index contributed by atoms with van der Waals surface area (Å²) >= 11 is 1.36. The van der Waals surface area contributed by atoms with Crippen LogP contribution in [0.1, 0.15) is 16.1 Å². The van der Waals surface area contributed by atoms with Gasteiger partial charge >= 0.3 is 0 Å². The van der Waals surface area contributed by atoms with Crippen molar-refractivity contribution in [1.29, 1.82) is 0 Å². The number of benzene rings is 1. The van der Waals surface area contributed by atoms with Gasteiger partial charge in [-0.1, -0.05) is 36.4 Å². The lowest BCUT2D eigenvalue weighted by atomic mass is 10.2. The van der Waals surface area contributed by atoms with Gasteiger partial charge in [-0.2, -0.15) is 0 Å². The van der Waals surface area contributed by atoms with Crippen LogP contribution in [-0.4, -0.2) is 20.3 Å². The largest absolute Gasteiger partial charge is 0.306 e. The standard InChI is InChI=1S/C19H14N4O2S/c1-12-6-5-9-16(21-12)22-17(24)14-10-20-19-23(18(14)25)15(11-26-19)13-7-3-2-4-8-13/h2-11H,1H3,(H,21,22,24). The number of fused-ring (bicyclic) bond motifs is 1. The Hall–Kier alpha value is -3.32. The maximum atomic E-state index is 12.9. The van der Waals surface area contributed by atoms with Crippen molar-refractivity contribution in [3.8, 4) is 11.3 Å². The summed E-state index contributed by atoms with van der Waals surface area (Å²) in [7, 11) is 0. The third kappa shape index (κ3) is 2.89. The first-order chi connectivity index (χ1) is 12.6. The highest BCUT2D eigenvalue weighted by Gasteiger charge is 2.17. The SMILES string of the molecule is Cc1cccc(NC(=O)c2cnc3scc(-c4ccccc4)n3c2=O)n1. The van der Waals surface area contributed by atoms with E-state index >= 15 is 0 Å². The molecule has 0 aliphatic heterocycles. The molecule has 4 rings (SSSR count). The number of amides is 1. The van der Waals surface area contributed by atoms with Gasteiger partial charge in [0.05, 0.1) is 5.69 Å². The molecule has 4 aromatic rings. The Morgan fingerprint density at radius 1 is 1.12 bits per heavy atom. The maximum absolute atomic E-state index is 12.9. The molecule has 0 saturated carbocycles. The molecular formula is C19H14N4O2S. The number of nitrogens with one attached hydrogen (secondary N) is 1. The van der Waals surface area contributed by atoms with Crippen molar-refractivity contribution in [1.82, 2.24) is 14.4 Å². The van der Waals surface area contributed by atoms with Crippen molar-refractivity contribution < 1.29 is 4.79 Å². The summed E-state index contributed by atoms with van der Waals surface area (Å²) in [4.78, 5) is 34.5. The average Bonchev–Trinajstić information content (AvgIpc) is 3.08. The van der Waals surface area contributed by atoms with Crippen LogP contribution in [0.15, 0.2) is 64.9 Å². The van der Waals surface area contributed by atoms with Crippen molar-refractivity contribution in [2.45, 2.75) is 6.92 Å². The summed E-state index contributed by atoms with van der Waals surface area (Å²) in [5.41, 5.74) is 1.95. The predicted molar refractivity (Wildman–Crippen MR) is 102 cm³/mol. The van der Waals surface area contributed by atoms with Gasteiger partial charge in [-0.15, -0.1) is 11.3 Å². The Bertz CT molecular complexity index is 1170. The van der Waals surface area contributed by atoms with Crippen molar-refractivity contribution in [2.75, 3.05) is 5.32 Å². The Kier molecular flexibility index (Phi) is 4.06. The molecule has 0 spiro atoms. The minimum Gasteiger partial charge on any atom is -0.306 e. The summed E-state index contributed by atoms with van der Waals surface area (Å²) in [5, 5.41) is 4.52. The van der Waals surface area contributed by atoms with E-state index in [1.54, 1.807) is 12.1 Å². The second-order valence-corrected chi connectivity index (χ2v) is 6.54. The van der Waals surface area contributed by atoms with E-state index in [0.29, 0.717) is 16.5 Å². The van der Waals surface area contributed by atoms with E-state index in [0.717, 1.165) is 11.3 Å². The van der Waals surface area contributed by atoms with Crippen LogP contribution >= 0.6 is 11.3 Å². The lowest BCUT2D eigenvalue weighted by Crippen LogP contribution is -2.26. The molecule has 7 heteroatoms. The number of anilines is 1. The fourth-order valence-electron chi connectivity index (χ4n) is 2.65. The van der Waals surface area contributed by atoms with Crippen molar-refractivity contribution in [3.05, 3.63) is 81.7 Å². The van der Waals surface area contributed by atoms with Gasteiger partial charge in [0.1, 0.15) is 11.4 Å². The van der Waals surface area contributed by atoms with Crippen LogP contribution in [0, 0.1) is 6.92 Å². The molecule has 6 nitrogen and oxygen atoms in total. The topological polar surface area (TPSA) is 76.4 Å². The normalized spacial score (nSPS) is 10.8. The number of rotatable bonds is 3. The molecule has 0 atom stereocenters. The van der Waals surface area contributed by atoms with E-state index in [2.05, 4.69) is 15.3 Å². The highest BCUT2D eigenvalue weighted by Crippen LogP contribution is 2.23. The van der Waals surface area contributed by atoms with Gasteiger partial charge in [0.25, 0.3) is 11.5 Å². The first-order valence-electron chi connectivity index (χ1n) is 7.93. The lowest BCUT2D eigenvalue weighted by Gasteiger charge is -2.06. The van der Waals surface area contributed by atoms with Gasteiger partial charge in [-0.3, -0.25) is 14.0 Å². The first-order valence-corrected chi connectivity index (χ1v) is 8.81. The van der Waals surface area contributed by atoms with Gasteiger partial charge < -0.3 is 5.32 Å². The highest BCUT2D eigenvalue weighted by atomic mass is 32.1. The van der Waals surface area contributed by atoms with E-state index in [1.807, 2.05) is 48.7 Å². The van der Waals surface area contributed by atoms with E-state index in [9.17, 15) is 9.59 Å². The number of hydrogen-bond acceptors (Lipinski definition) is 5. The second kappa shape index (κ2) is 6.53. The van der Waals surface area contributed by atoms with E-state index in [-0.39, 0.29) is 5.56 Å². The van der Waals surface area contributed by atoms with Gasteiger partial charge in [-0.25, -0.2) is 9.97 Å². The van der Waals surface area contributed by atoms with Crippen LogP contribution in [0.5, 0.6) is 0 Å². The smallest absolute Gasteiger partial charge is 0.271 e. The van der Waals surface area contributed by atoms with Crippen molar-refractivity contribution >= 4 is 28.0 Å². The van der Waals surface area contributed by atoms with Crippen molar-refractivity contribution in [3.63, 3.8) is 0 Å². The van der Waals surface area contributed by atoms with Crippen LogP contribution in [-0.2, 0) is 0 Å². The zero-order valence-electron chi connectivity index (χ0n) is 13.8.